The molecule has 0 radical (unpaired) electrons. The molecule has 5 heteroatoms. The molecule has 0 aliphatic carbocycles. The largest absolute Gasteiger partial charge is 0.419 e. The summed E-state index contributed by atoms with van der Waals surface area (Å²) in [4.78, 5) is 26.4. The number of rotatable bonds is 5. The smallest absolute Gasteiger partial charge is 0.415 e. The van der Waals surface area contributed by atoms with E-state index in [0.29, 0.717) is 18.7 Å². The van der Waals surface area contributed by atoms with Gasteiger partial charge in [0.05, 0.1) is 5.56 Å². The second kappa shape index (κ2) is 8.71. The average Bonchev–Trinajstić information content (AvgIpc) is 2.64. The zero-order chi connectivity index (χ0) is 20.0. The molecular weight excluding hydrogens is 342 g/mol. The summed E-state index contributed by atoms with van der Waals surface area (Å²) in [5, 5.41) is 0. The highest BCUT2D eigenvalue weighted by atomic mass is 16.6. The van der Waals surface area contributed by atoms with Gasteiger partial charge in [-0.25, -0.2) is 9.59 Å². The van der Waals surface area contributed by atoms with Crippen molar-refractivity contribution in [1.82, 2.24) is 4.90 Å². The molecule has 0 N–H and O–H groups in total. The van der Waals surface area contributed by atoms with Crippen molar-refractivity contribution in [1.29, 1.82) is 0 Å². The van der Waals surface area contributed by atoms with E-state index in [0.717, 1.165) is 5.56 Å². The maximum absolute atomic E-state index is 12.5. The fourth-order valence-electron chi connectivity index (χ4n) is 2.51. The number of hydrogen-bond donors (Lipinski definition) is 0. The van der Waals surface area contributed by atoms with Crippen LogP contribution < -0.4 is 9.47 Å². The minimum absolute atomic E-state index is 0.144. The minimum atomic E-state index is -0.498. The number of esters is 1. The van der Waals surface area contributed by atoms with Crippen LogP contribution in [0.5, 0.6) is 11.5 Å². The van der Waals surface area contributed by atoms with Crippen molar-refractivity contribution in [3.63, 3.8) is 0 Å². The predicted molar refractivity (Wildman–Crippen MR) is 105 cm³/mol. The lowest BCUT2D eigenvalue weighted by molar-refractivity contribution is 0.0727. The number of benzene rings is 2. The lowest BCUT2D eigenvalue weighted by Crippen LogP contribution is -2.33. The highest BCUT2D eigenvalue weighted by molar-refractivity contribution is 5.91. The maximum atomic E-state index is 12.5. The summed E-state index contributed by atoms with van der Waals surface area (Å²) in [5.74, 6) is -0.0391. The predicted octanol–water partition coefficient (Wildman–Crippen LogP) is 5.04. The molecule has 27 heavy (non-hydrogen) atoms. The van der Waals surface area contributed by atoms with Gasteiger partial charge in [0.2, 0.25) is 0 Å². The van der Waals surface area contributed by atoms with Crippen LogP contribution in [-0.4, -0.2) is 30.1 Å². The van der Waals surface area contributed by atoms with E-state index in [1.807, 2.05) is 26.0 Å². The third kappa shape index (κ3) is 5.33. The highest BCUT2D eigenvalue weighted by Crippen LogP contribution is 2.34. The zero-order valence-corrected chi connectivity index (χ0v) is 16.6. The Morgan fingerprint density at radius 1 is 0.889 bits per heavy atom. The van der Waals surface area contributed by atoms with E-state index in [1.165, 1.54) is 0 Å². The number of ether oxygens (including phenoxy) is 2. The molecule has 0 heterocycles. The van der Waals surface area contributed by atoms with E-state index in [2.05, 4.69) is 20.8 Å². The fraction of sp³-hybridized carbons (Fsp3) is 0.364. The number of nitrogens with zero attached hydrogens (tertiary/aromatic N) is 1. The molecule has 0 bridgehead atoms. The third-order valence-electron chi connectivity index (χ3n) is 4.24. The van der Waals surface area contributed by atoms with Gasteiger partial charge in [-0.2, -0.15) is 0 Å². The molecule has 0 saturated carbocycles. The molecule has 144 valence electrons. The third-order valence-corrected chi connectivity index (χ3v) is 4.24. The summed E-state index contributed by atoms with van der Waals surface area (Å²) in [5.41, 5.74) is 1.26. The Bertz CT molecular complexity index is 790. The first-order chi connectivity index (χ1) is 12.8. The van der Waals surface area contributed by atoms with Gasteiger partial charge < -0.3 is 14.4 Å². The van der Waals surface area contributed by atoms with Crippen LogP contribution in [0.25, 0.3) is 0 Å². The average molecular weight is 369 g/mol. The van der Waals surface area contributed by atoms with Crippen molar-refractivity contribution in [3.05, 3.63) is 59.7 Å². The lowest BCUT2D eigenvalue weighted by Gasteiger charge is -2.22. The van der Waals surface area contributed by atoms with Gasteiger partial charge in [0.1, 0.15) is 0 Å². The van der Waals surface area contributed by atoms with Crippen LogP contribution in [0.4, 0.5) is 4.79 Å². The summed E-state index contributed by atoms with van der Waals surface area (Å²) in [7, 11) is 0. The monoisotopic (exact) mass is 369 g/mol. The van der Waals surface area contributed by atoms with Gasteiger partial charge in [0, 0.05) is 13.1 Å². The summed E-state index contributed by atoms with van der Waals surface area (Å²) < 4.78 is 11.1. The second-order valence-corrected chi connectivity index (χ2v) is 7.21. The van der Waals surface area contributed by atoms with E-state index in [-0.39, 0.29) is 16.9 Å². The van der Waals surface area contributed by atoms with Gasteiger partial charge in [0.25, 0.3) is 0 Å². The number of carbonyl (C=O) groups is 2. The maximum Gasteiger partial charge on any atom is 0.415 e. The van der Waals surface area contributed by atoms with Gasteiger partial charge in [-0.1, -0.05) is 45.0 Å². The molecule has 0 fully saturated rings. The standard InChI is InChI=1S/C22H27NO4/c1-6-23(7-2)21(25)27-18-14-13-17(22(3,4)5)15-19(18)26-20(24)16-11-9-8-10-12-16/h8-15H,6-7H2,1-5H3. The second-order valence-electron chi connectivity index (χ2n) is 7.21. The van der Waals surface area contributed by atoms with Crippen LogP contribution in [0.15, 0.2) is 48.5 Å². The van der Waals surface area contributed by atoms with Gasteiger partial charge >= 0.3 is 12.1 Å². The Labute approximate surface area is 160 Å². The quantitative estimate of drug-likeness (QED) is 0.547. The fourth-order valence-corrected chi connectivity index (χ4v) is 2.51. The van der Waals surface area contributed by atoms with E-state index >= 15 is 0 Å². The molecule has 0 unspecified atom stereocenters. The molecule has 2 aromatic rings. The molecule has 2 rings (SSSR count). The number of amides is 1. The normalized spacial score (nSPS) is 11.0. The molecule has 2 aromatic carbocycles. The zero-order valence-electron chi connectivity index (χ0n) is 16.6. The topological polar surface area (TPSA) is 55.8 Å². The molecule has 0 aromatic heterocycles. The summed E-state index contributed by atoms with van der Waals surface area (Å²) in [6.45, 7) is 11.0. The van der Waals surface area contributed by atoms with Crippen LogP contribution in [0.3, 0.4) is 0 Å². The Kier molecular flexibility index (Phi) is 6.61. The molecule has 0 saturated heterocycles. The summed E-state index contributed by atoms with van der Waals surface area (Å²) in [6.07, 6.45) is -0.472. The van der Waals surface area contributed by atoms with E-state index < -0.39 is 12.1 Å². The molecule has 0 spiro atoms. The molecule has 0 aliphatic rings. The van der Waals surface area contributed by atoms with E-state index in [4.69, 9.17) is 9.47 Å². The highest BCUT2D eigenvalue weighted by Gasteiger charge is 2.21. The van der Waals surface area contributed by atoms with E-state index in [1.54, 1.807) is 41.3 Å². The lowest BCUT2D eigenvalue weighted by atomic mass is 9.87. The molecule has 5 nitrogen and oxygen atoms in total. The van der Waals surface area contributed by atoms with Gasteiger partial charge in [-0.05, 0) is 49.1 Å². The SMILES string of the molecule is CCN(CC)C(=O)Oc1ccc(C(C)(C)C)cc1OC(=O)c1ccccc1. The first kappa shape index (κ1) is 20.5. The van der Waals surface area contributed by atoms with Gasteiger partial charge in [-0.15, -0.1) is 0 Å². The van der Waals surface area contributed by atoms with Crippen molar-refractivity contribution in [2.45, 2.75) is 40.0 Å². The Morgan fingerprint density at radius 2 is 1.52 bits per heavy atom. The van der Waals surface area contributed by atoms with Crippen LogP contribution in [-0.2, 0) is 5.41 Å². The Morgan fingerprint density at radius 3 is 2.07 bits per heavy atom. The Hall–Kier alpha value is -2.82. The van der Waals surface area contributed by atoms with Crippen molar-refractivity contribution < 1.29 is 19.1 Å². The Balaban J connectivity index is 2.35. The first-order valence-corrected chi connectivity index (χ1v) is 9.14. The molecule has 1 amide bonds. The minimum Gasteiger partial charge on any atom is -0.419 e. The number of hydrogen-bond acceptors (Lipinski definition) is 4. The van der Waals surface area contributed by atoms with Crippen LogP contribution >= 0.6 is 0 Å². The van der Waals surface area contributed by atoms with Crippen LogP contribution in [0, 0.1) is 0 Å². The van der Waals surface area contributed by atoms with Crippen LogP contribution in [0.2, 0.25) is 0 Å². The molecular formula is C22H27NO4. The van der Waals surface area contributed by atoms with Crippen molar-refractivity contribution in [2.24, 2.45) is 0 Å². The van der Waals surface area contributed by atoms with E-state index in [9.17, 15) is 9.59 Å². The van der Waals surface area contributed by atoms with Crippen molar-refractivity contribution >= 4 is 12.1 Å². The molecule has 0 aliphatic heterocycles. The molecule has 0 atom stereocenters. The first-order valence-electron chi connectivity index (χ1n) is 9.14. The van der Waals surface area contributed by atoms with Crippen molar-refractivity contribution in [3.8, 4) is 11.5 Å². The van der Waals surface area contributed by atoms with Crippen LogP contribution in [0.1, 0.15) is 50.5 Å². The summed E-state index contributed by atoms with van der Waals surface area (Å²) >= 11 is 0. The van der Waals surface area contributed by atoms with Gasteiger partial charge in [-0.3, -0.25) is 0 Å². The summed E-state index contributed by atoms with van der Waals surface area (Å²) in [6, 6.07) is 14.0. The van der Waals surface area contributed by atoms with Crippen molar-refractivity contribution in [2.75, 3.05) is 13.1 Å². The number of carbonyl (C=O) groups excluding carboxylic acids is 2. The van der Waals surface area contributed by atoms with Gasteiger partial charge in [0.15, 0.2) is 11.5 Å².